The van der Waals surface area contributed by atoms with Crippen LogP contribution >= 0.6 is 11.3 Å². The van der Waals surface area contributed by atoms with E-state index in [1.54, 1.807) is 58.4 Å². The molecule has 5 rings (SSSR count). The number of aryl methyl sites for hydroxylation is 1. The van der Waals surface area contributed by atoms with E-state index in [-0.39, 0.29) is 17.9 Å². The van der Waals surface area contributed by atoms with E-state index in [9.17, 15) is 14.4 Å². The molecule has 2 aromatic heterocycles. The predicted octanol–water partition coefficient (Wildman–Crippen LogP) is 4.43. The molecule has 0 bridgehead atoms. The van der Waals surface area contributed by atoms with Gasteiger partial charge < -0.3 is 5.32 Å². The highest BCUT2D eigenvalue weighted by Crippen LogP contribution is 2.14. The van der Waals surface area contributed by atoms with E-state index in [0.29, 0.717) is 29.7 Å². The summed E-state index contributed by atoms with van der Waals surface area (Å²) in [7, 11) is 0. The maximum Gasteiger partial charge on any atom is 0.336 e. The van der Waals surface area contributed by atoms with E-state index < -0.39 is 5.69 Å². The van der Waals surface area contributed by atoms with Crippen LogP contribution in [0.5, 0.6) is 0 Å². The first-order valence-electron chi connectivity index (χ1n) is 11.7. The first-order chi connectivity index (χ1) is 17.5. The lowest BCUT2D eigenvalue weighted by Crippen LogP contribution is -2.39. The minimum absolute atomic E-state index is 0.0838. The normalized spacial score (nSPS) is 11.0. The van der Waals surface area contributed by atoms with Crippen molar-refractivity contribution in [3.05, 3.63) is 133 Å². The van der Waals surface area contributed by atoms with Crippen LogP contribution in [0.15, 0.2) is 99.9 Å². The molecule has 3 aromatic carbocycles. The molecular weight excluding hydrogens is 470 g/mol. The van der Waals surface area contributed by atoms with Crippen molar-refractivity contribution in [3.8, 4) is 5.69 Å². The summed E-state index contributed by atoms with van der Waals surface area (Å²) in [6.07, 6.45) is 0.218. The van der Waals surface area contributed by atoms with Crippen LogP contribution in [-0.2, 0) is 24.3 Å². The van der Waals surface area contributed by atoms with Crippen LogP contribution < -0.4 is 16.6 Å². The minimum Gasteiger partial charge on any atom is -0.351 e. The summed E-state index contributed by atoms with van der Waals surface area (Å²) >= 11 is 1.60. The maximum atomic E-state index is 13.6. The number of fused-ring (bicyclic) bond motifs is 1. The number of nitrogens with zero attached hydrogens (tertiary/aromatic N) is 2. The molecule has 0 saturated heterocycles. The number of carbonyl (C=O) groups is 1. The summed E-state index contributed by atoms with van der Waals surface area (Å²) in [6, 6.07) is 26.1. The molecule has 0 saturated carbocycles. The van der Waals surface area contributed by atoms with Crippen LogP contribution in [0.2, 0.25) is 0 Å². The highest BCUT2D eigenvalue weighted by atomic mass is 32.1. The summed E-state index contributed by atoms with van der Waals surface area (Å²) in [5.74, 6) is -0.0838. The average molecular weight is 496 g/mol. The third kappa shape index (κ3) is 4.92. The Bertz CT molecular complexity index is 1650. The lowest BCUT2D eigenvalue weighted by molar-refractivity contribution is -0.120. The molecular formula is C29H25N3O3S. The van der Waals surface area contributed by atoms with Crippen molar-refractivity contribution in [3.63, 3.8) is 0 Å². The summed E-state index contributed by atoms with van der Waals surface area (Å²) < 4.78 is 2.84. The van der Waals surface area contributed by atoms with Crippen molar-refractivity contribution in [1.29, 1.82) is 0 Å². The van der Waals surface area contributed by atoms with Gasteiger partial charge in [0.1, 0.15) is 0 Å². The Hall–Kier alpha value is -4.23. The Balaban J connectivity index is 1.46. The zero-order valence-corrected chi connectivity index (χ0v) is 20.6. The summed E-state index contributed by atoms with van der Waals surface area (Å²) in [6.45, 7) is 2.86. The number of amides is 1. The Kier molecular flexibility index (Phi) is 6.64. The summed E-state index contributed by atoms with van der Waals surface area (Å²) in [4.78, 5) is 40.4. The predicted molar refractivity (Wildman–Crippen MR) is 144 cm³/mol. The standard InChI is InChI=1S/C29H25N3O3S/c1-20-6-4-7-22(16-20)19-31-26-10-3-2-9-25(26)28(34)32(29(31)35)23-13-11-21(12-14-23)17-27(33)30-18-24-8-5-15-36-24/h2-16H,17-19H2,1H3,(H,30,33). The van der Waals surface area contributed by atoms with Crippen molar-refractivity contribution >= 4 is 28.1 Å². The van der Waals surface area contributed by atoms with E-state index >= 15 is 0 Å². The van der Waals surface area contributed by atoms with Crippen LogP contribution in [0.4, 0.5) is 0 Å². The van der Waals surface area contributed by atoms with E-state index in [2.05, 4.69) is 5.32 Å². The van der Waals surface area contributed by atoms with Gasteiger partial charge in [0.25, 0.3) is 5.56 Å². The number of benzene rings is 3. The molecule has 0 atom stereocenters. The highest BCUT2D eigenvalue weighted by molar-refractivity contribution is 7.09. The number of aromatic nitrogens is 2. The lowest BCUT2D eigenvalue weighted by atomic mass is 10.1. The average Bonchev–Trinajstić information content (AvgIpc) is 3.40. The molecule has 0 radical (unpaired) electrons. The Morgan fingerprint density at radius 1 is 0.889 bits per heavy atom. The lowest BCUT2D eigenvalue weighted by Gasteiger charge is -2.15. The number of para-hydroxylation sites is 1. The molecule has 1 N–H and O–H groups in total. The number of nitrogens with one attached hydrogen (secondary N) is 1. The third-order valence-corrected chi connectivity index (χ3v) is 6.95. The molecule has 7 heteroatoms. The first-order valence-corrected chi connectivity index (χ1v) is 12.6. The van der Waals surface area contributed by atoms with Crippen molar-refractivity contribution in [2.24, 2.45) is 0 Å². The van der Waals surface area contributed by atoms with Gasteiger partial charge in [0.2, 0.25) is 5.91 Å². The van der Waals surface area contributed by atoms with E-state index in [4.69, 9.17) is 0 Å². The SMILES string of the molecule is Cc1cccc(Cn2c(=O)n(-c3ccc(CC(=O)NCc4cccs4)cc3)c(=O)c3ccccc32)c1. The fraction of sp³-hybridized carbons (Fsp3) is 0.138. The molecule has 0 unspecified atom stereocenters. The van der Waals surface area contributed by atoms with Crippen molar-refractivity contribution in [1.82, 2.24) is 14.5 Å². The molecule has 1 amide bonds. The monoisotopic (exact) mass is 495 g/mol. The number of hydrogen-bond acceptors (Lipinski definition) is 4. The second-order valence-corrected chi connectivity index (χ2v) is 9.75. The topological polar surface area (TPSA) is 73.1 Å². The van der Waals surface area contributed by atoms with Gasteiger partial charge in [-0.25, -0.2) is 9.36 Å². The molecule has 6 nitrogen and oxygen atoms in total. The van der Waals surface area contributed by atoms with Gasteiger partial charge >= 0.3 is 5.69 Å². The molecule has 0 aliphatic rings. The van der Waals surface area contributed by atoms with Crippen LogP contribution in [0.25, 0.3) is 16.6 Å². The smallest absolute Gasteiger partial charge is 0.336 e. The Morgan fingerprint density at radius 3 is 2.44 bits per heavy atom. The van der Waals surface area contributed by atoms with E-state index in [1.165, 1.54) is 4.57 Å². The molecule has 0 fully saturated rings. The van der Waals surface area contributed by atoms with Crippen LogP contribution in [0, 0.1) is 6.92 Å². The first kappa shape index (κ1) is 23.5. The molecule has 0 aliphatic carbocycles. The zero-order chi connectivity index (χ0) is 25.1. The van der Waals surface area contributed by atoms with Gasteiger partial charge in [0, 0.05) is 4.88 Å². The van der Waals surface area contributed by atoms with Crippen molar-refractivity contribution in [2.45, 2.75) is 26.4 Å². The van der Waals surface area contributed by atoms with Gasteiger partial charge in [-0.2, -0.15) is 0 Å². The minimum atomic E-state index is -0.401. The number of thiophene rings is 1. The largest absolute Gasteiger partial charge is 0.351 e. The highest BCUT2D eigenvalue weighted by Gasteiger charge is 2.15. The van der Waals surface area contributed by atoms with Crippen molar-refractivity contribution < 1.29 is 4.79 Å². The Labute approximate surface area is 212 Å². The zero-order valence-electron chi connectivity index (χ0n) is 19.8. The second-order valence-electron chi connectivity index (χ2n) is 8.71. The van der Waals surface area contributed by atoms with Gasteiger partial charge in [-0.05, 0) is 53.8 Å². The van der Waals surface area contributed by atoms with Crippen molar-refractivity contribution in [2.75, 3.05) is 0 Å². The van der Waals surface area contributed by atoms with E-state index in [0.717, 1.165) is 21.6 Å². The molecule has 0 aliphatic heterocycles. The summed E-state index contributed by atoms with van der Waals surface area (Å²) in [5.41, 5.74) is 3.20. The van der Waals surface area contributed by atoms with Gasteiger partial charge in [-0.1, -0.05) is 60.2 Å². The van der Waals surface area contributed by atoms with E-state index in [1.807, 2.05) is 54.8 Å². The quantitative estimate of drug-likeness (QED) is 0.363. The second kappa shape index (κ2) is 10.2. The maximum absolute atomic E-state index is 13.6. The van der Waals surface area contributed by atoms with Gasteiger partial charge in [0.15, 0.2) is 0 Å². The molecule has 0 spiro atoms. The van der Waals surface area contributed by atoms with Crippen LogP contribution in [-0.4, -0.2) is 15.0 Å². The fourth-order valence-corrected chi connectivity index (χ4v) is 4.95. The van der Waals surface area contributed by atoms with Gasteiger partial charge in [-0.15, -0.1) is 11.3 Å². The van der Waals surface area contributed by atoms with Gasteiger partial charge in [0.05, 0.1) is 36.1 Å². The summed E-state index contributed by atoms with van der Waals surface area (Å²) in [5, 5.41) is 5.37. The molecule has 5 aromatic rings. The molecule has 180 valence electrons. The van der Waals surface area contributed by atoms with Crippen LogP contribution in [0.3, 0.4) is 0 Å². The van der Waals surface area contributed by atoms with Gasteiger partial charge in [-0.3, -0.25) is 14.2 Å². The number of rotatable bonds is 7. The molecule has 2 heterocycles. The number of hydrogen-bond donors (Lipinski definition) is 1. The molecule has 36 heavy (non-hydrogen) atoms. The van der Waals surface area contributed by atoms with Crippen LogP contribution in [0.1, 0.15) is 21.6 Å². The number of carbonyl (C=O) groups excluding carboxylic acids is 1. The Morgan fingerprint density at radius 2 is 1.69 bits per heavy atom. The third-order valence-electron chi connectivity index (χ3n) is 6.07. The fourth-order valence-electron chi connectivity index (χ4n) is 4.30.